The van der Waals surface area contributed by atoms with Gasteiger partial charge in [-0.2, -0.15) is 0 Å². The van der Waals surface area contributed by atoms with E-state index in [1.54, 1.807) is 18.9 Å². The summed E-state index contributed by atoms with van der Waals surface area (Å²) < 4.78 is 7.87. The van der Waals surface area contributed by atoms with Gasteiger partial charge in [0.1, 0.15) is 10.8 Å². The molecule has 0 saturated carbocycles. The lowest BCUT2D eigenvalue weighted by Crippen LogP contribution is -2.38. The summed E-state index contributed by atoms with van der Waals surface area (Å²) in [6, 6.07) is 20.0. The highest BCUT2D eigenvalue weighted by atomic mass is 32.2. The van der Waals surface area contributed by atoms with E-state index in [-0.39, 0.29) is 12.1 Å². The second kappa shape index (κ2) is 9.71. The number of fused-ring (bicyclic) bond motifs is 5. The van der Waals surface area contributed by atoms with Crippen molar-refractivity contribution in [1.29, 1.82) is 0 Å². The number of aryl methyl sites for hydroxylation is 1. The molecule has 0 fully saturated rings. The number of hydrogen-bond acceptors (Lipinski definition) is 4. The maximum atomic E-state index is 14.1. The number of thioether (sulfide) groups is 1. The highest BCUT2D eigenvalue weighted by Gasteiger charge is 2.36. The standard InChI is InChI=1S/C29H29N3O2S2/c1-34-21-10-5-8-19(16-21)27-25-13-7-15-31(25)28-24(23-12-3-4-14-26(23)36-28)18-32(27)29(33)30-20-9-6-11-22(17-20)35-2/h5-11,13,15-17,27H,3-4,12,14,18H2,1-2H3,(H,30,33). The molecule has 2 aliphatic rings. The molecule has 2 aromatic carbocycles. The average Bonchev–Trinajstić information content (AvgIpc) is 3.50. The van der Waals surface area contributed by atoms with Crippen molar-refractivity contribution >= 4 is 34.8 Å². The number of aromatic nitrogens is 1. The molecule has 1 N–H and O–H groups in total. The lowest BCUT2D eigenvalue weighted by molar-refractivity contribution is 0.194. The second-order valence-electron chi connectivity index (χ2n) is 9.27. The molecule has 1 atom stereocenters. The van der Waals surface area contributed by atoms with Crippen molar-refractivity contribution in [3.8, 4) is 10.8 Å². The molecule has 36 heavy (non-hydrogen) atoms. The van der Waals surface area contributed by atoms with Gasteiger partial charge in [0.25, 0.3) is 0 Å². The fraction of sp³-hybridized carbons (Fsp3) is 0.276. The zero-order valence-corrected chi connectivity index (χ0v) is 22.1. The molecule has 7 heteroatoms. The minimum Gasteiger partial charge on any atom is -0.497 e. The first-order valence-electron chi connectivity index (χ1n) is 12.3. The van der Waals surface area contributed by atoms with Gasteiger partial charge in [0.2, 0.25) is 0 Å². The Hall–Kier alpha value is -3.16. The van der Waals surface area contributed by atoms with Crippen LogP contribution in [0.3, 0.4) is 0 Å². The molecule has 5 nitrogen and oxygen atoms in total. The topological polar surface area (TPSA) is 46.5 Å². The van der Waals surface area contributed by atoms with Crippen LogP contribution in [0.5, 0.6) is 5.75 Å². The van der Waals surface area contributed by atoms with Crippen molar-refractivity contribution in [3.05, 3.63) is 94.1 Å². The van der Waals surface area contributed by atoms with Crippen LogP contribution in [0, 0.1) is 0 Å². The van der Waals surface area contributed by atoms with Crippen LogP contribution in [0.25, 0.3) is 5.00 Å². The van der Waals surface area contributed by atoms with Gasteiger partial charge in [0.05, 0.1) is 25.4 Å². The molecule has 0 saturated heterocycles. The lowest BCUT2D eigenvalue weighted by atomic mass is 9.95. The molecule has 2 amide bonds. The van der Waals surface area contributed by atoms with Crippen LogP contribution in [-0.4, -0.2) is 28.9 Å². The Balaban J connectivity index is 1.49. The lowest BCUT2D eigenvalue weighted by Gasteiger charge is -2.31. The first kappa shape index (κ1) is 23.3. The van der Waals surface area contributed by atoms with E-state index in [1.807, 2.05) is 58.9 Å². The number of methoxy groups -OCH3 is 1. The molecular formula is C29H29N3O2S2. The third kappa shape index (κ3) is 4.10. The van der Waals surface area contributed by atoms with Crippen LogP contribution in [0.15, 0.2) is 71.8 Å². The maximum Gasteiger partial charge on any atom is 0.322 e. The summed E-state index contributed by atoms with van der Waals surface area (Å²) >= 11 is 3.57. The van der Waals surface area contributed by atoms with E-state index in [9.17, 15) is 4.79 Å². The predicted octanol–water partition coefficient (Wildman–Crippen LogP) is 7.29. The summed E-state index contributed by atoms with van der Waals surface area (Å²) in [7, 11) is 1.68. The molecule has 2 aromatic heterocycles. The molecule has 0 spiro atoms. The Kier molecular flexibility index (Phi) is 6.27. The Morgan fingerprint density at radius 1 is 1.06 bits per heavy atom. The highest BCUT2D eigenvalue weighted by molar-refractivity contribution is 7.98. The maximum absolute atomic E-state index is 14.1. The monoisotopic (exact) mass is 515 g/mol. The number of hydrogen-bond donors (Lipinski definition) is 1. The SMILES string of the molecule is COc1cccc(C2c3cccn3-c3sc4c(c3CN2C(=O)Nc2cccc(SC)c2)CCCC4)c1. The number of urea groups is 1. The van der Waals surface area contributed by atoms with Crippen molar-refractivity contribution < 1.29 is 9.53 Å². The van der Waals surface area contributed by atoms with Gasteiger partial charge >= 0.3 is 6.03 Å². The van der Waals surface area contributed by atoms with Gasteiger partial charge < -0.3 is 19.5 Å². The zero-order valence-electron chi connectivity index (χ0n) is 20.5. The van der Waals surface area contributed by atoms with Crippen LogP contribution in [0.1, 0.15) is 46.1 Å². The van der Waals surface area contributed by atoms with Crippen LogP contribution in [0.2, 0.25) is 0 Å². The van der Waals surface area contributed by atoms with Gasteiger partial charge in [0.15, 0.2) is 0 Å². The smallest absolute Gasteiger partial charge is 0.322 e. The van der Waals surface area contributed by atoms with E-state index in [2.05, 4.69) is 40.3 Å². The molecular weight excluding hydrogens is 486 g/mol. The second-order valence-corrected chi connectivity index (χ2v) is 11.2. The number of nitrogens with zero attached hydrogens (tertiary/aromatic N) is 2. The highest BCUT2D eigenvalue weighted by Crippen LogP contribution is 2.44. The fourth-order valence-electron chi connectivity index (χ4n) is 5.45. The van der Waals surface area contributed by atoms with E-state index in [1.165, 1.54) is 33.8 Å². The summed E-state index contributed by atoms with van der Waals surface area (Å²) in [6.45, 7) is 0.568. The molecule has 1 aliphatic heterocycles. The molecule has 3 heterocycles. The van der Waals surface area contributed by atoms with Crippen molar-refractivity contribution in [1.82, 2.24) is 9.47 Å². The molecule has 1 unspecified atom stereocenters. The van der Waals surface area contributed by atoms with Gasteiger partial charge in [-0.25, -0.2) is 4.79 Å². The quantitative estimate of drug-likeness (QED) is 0.290. The van der Waals surface area contributed by atoms with Crippen molar-refractivity contribution in [2.45, 2.75) is 43.2 Å². The third-order valence-electron chi connectivity index (χ3n) is 7.17. The van der Waals surface area contributed by atoms with Crippen molar-refractivity contribution in [2.24, 2.45) is 0 Å². The minimum absolute atomic E-state index is 0.0996. The molecule has 4 aromatic rings. The van der Waals surface area contributed by atoms with Gasteiger partial charge in [-0.3, -0.25) is 0 Å². The first-order chi connectivity index (χ1) is 17.7. The molecule has 184 valence electrons. The van der Waals surface area contributed by atoms with Gasteiger partial charge in [-0.1, -0.05) is 18.2 Å². The largest absolute Gasteiger partial charge is 0.497 e. The number of carbonyl (C=O) groups is 1. The number of anilines is 1. The van der Waals surface area contributed by atoms with Gasteiger partial charge in [-0.05, 0) is 85.5 Å². The van der Waals surface area contributed by atoms with Crippen molar-refractivity contribution in [2.75, 3.05) is 18.7 Å². The number of carbonyl (C=O) groups excluding carboxylic acids is 1. The molecule has 6 rings (SSSR count). The van der Waals surface area contributed by atoms with Crippen LogP contribution < -0.4 is 10.1 Å². The summed E-state index contributed by atoms with van der Waals surface area (Å²) in [5.74, 6) is 0.787. The van der Waals surface area contributed by atoms with E-state index >= 15 is 0 Å². The molecule has 0 bridgehead atoms. The average molecular weight is 516 g/mol. The molecule has 0 radical (unpaired) electrons. The Morgan fingerprint density at radius 3 is 2.78 bits per heavy atom. The summed E-state index contributed by atoms with van der Waals surface area (Å²) in [5.41, 5.74) is 5.68. The zero-order chi connectivity index (χ0) is 24.6. The van der Waals surface area contributed by atoms with Crippen LogP contribution >= 0.6 is 23.1 Å². The summed E-state index contributed by atoms with van der Waals surface area (Å²) in [5, 5.41) is 4.46. The predicted molar refractivity (Wildman–Crippen MR) is 148 cm³/mol. The number of ether oxygens (including phenoxy) is 1. The Labute approximate surface area is 220 Å². The normalized spacial score (nSPS) is 16.5. The van der Waals surface area contributed by atoms with Crippen LogP contribution in [-0.2, 0) is 19.4 Å². The summed E-state index contributed by atoms with van der Waals surface area (Å²) in [4.78, 5) is 18.7. The number of amides is 2. The number of benzene rings is 2. The Bertz CT molecular complexity index is 1420. The summed E-state index contributed by atoms with van der Waals surface area (Å²) in [6.07, 6.45) is 8.87. The number of rotatable bonds is 4. The first-order valence-corrected chi connectivity index (χ1v) is 14.4. The number of thiophene rings is 1. The van der Waals surface area contributed by atoms with Crippen molar-refractivity contribution in [3.63, 3.8) is 0 Å². The van der Waals surface area contributed by atoms with Crippen LogP contribution in [0.4, 0.5) is 10.5 Å². The van der Waals surface area contributed by atoms with Gasteiger partial charge in [0, 0.05) is 27.2 Å². The Morgan fingerprint density at radius 2 is 1.92 bits per heavy atom. The van der Waals surface area contributed by atoms with E-state index in [0.717, 1.165) is 40.4 Å². The van der Waals surface area contributed by atoms with E-state index in [0.29, 0.717) is 6.54 Å². The van der Waals surface area contributed by atoms with Gasteiger partial charge in [-0.15, -0.1) is 23.1 Å². The third-order valence-corrected chi connectivity index (χ3v) is 9.23. The number of nitrogens with one attached hydrogen (secondary N) is 1. The fourth-order valence-corrected chi connectivity index (χ4v) is 7.31. The minimum atomic E-state index is -0.252. The van der Waals surface area contributed by atoms with E-state index in [4.69, 9.17) is 4.74 Å². The van der Waals surface area contributed by atoms with E-state index < -0.39 is 0 Å². The molecule has 1 aliphatic carbocycles.